The Morgan fingerprint density at radius 2 is 2.00 bits per heavy atom. The molecule has 0 aliphatic rings. The summed E-state index contributed by atoms with van der Waals surface area (Å²) in [6, 6.07) is 9.23. The first-order valence-electron chi connectivity index (χ1n) is 6.28. The van der Waals surface area contributed by atoms with Gasteiger partial charge in [0, 0.05) is 27.8 Å². The number of hydrogen-bond donors (Lipinski definition) is 1. The van der Waals surface area contributed by atoms with Gasteiger partial charge in [-0.05, 0) is 38.2 Å². The first-order chi connectivity index (χ1) is 9.60. The van der Waals surface area contributed by atoms with Gasteiger partial charge in [0.1, 0.15) is 12.4 Å². The number of benzene rings is 1. The highest BCUT2D eigenvalue weighted by Crippen LogP contribution is 2.24. The minimum Gasteiger partial charge on any atom is -0.487 e. The van der Waals surface area contributed by atoms with Gasteiger partial charge >= 0.3 is 0 Å². The van der Waals surface area contributed by atoms with Crippen LogP contribution in [0, 0.1) is 6.92 Å². The summed E-state index contributed by atoms with van der Waals surface area (Å²) >= 11 is 12.0. The van der Waals surface area contributed by atoms with E-state index in [-0.39, 0.29) is 0 Å². The highest BCUT2D eigenvalue weighted by Gasteiger charge is 2.07. The molecule has 0 spiro atoms. The second-order valence-electron chi connectivity index (χ2n) is 4.45. The van der Waals surface area contributed by atoms with Crippen LogP contribution in [0.1, 0.15) is 17.0 Å². The van der Waals surface area contributed by atoms with Gasteiger partial charge in [0.15, 0.2) is 0 Å². The average molecular weight is 311 g/mol. The third kappa shape index (κ3) is 3.85. The van der Waals surface area contributed by atoms with Crippen LogP contribution in [0.5, 0.6) is 5.75 Å². The first-order valence-corrected chi connectivity index (χ1v) is 7.03. The van der Waals surface area contributed by atoms with Crippen LogP contribution < -0.4 is 10.1 Å². The highest BCUT2D eigenvalue weighted by molar-refractivity contribution is 6.35. The van der Waals surface area contributed by atoms with Gasteiger partial charge < -0.3 is 10.1 Å². The van der Waals surface area contributed by atoms with Gasteiger partial charge in [0.05, 0.1) is 5.69 Å². The molecule has 1 heterocycles. The van der Waals surface area contributed by atoms with E-state index in [2.05, 4.69) is 10.3 Å². The van der Waals surface area contributed by atoms with E-state index in [1.165, 1.54) is 0 Å². The minimum atomic E-state index is 0.386. The van der Waals surface area contributed by atoms with E-state index >= 15 is 0 Å². The summed E-state index contributed by atoms with van der Waals surface area (Å²) in [7, 11) is 1.88. The predicted octanol–water partition coefficient (Wildman–Crippen LogP) is 4.00. The average Bonchev–Trinajstić information content (AvgIpc) is 2.40. The number of hydrogen-bond acceptors (Lipinski definition) is 3. The van der Waals surface area contributed by atoms with Crippen LogP contribution in [0.15, 0.2) is 30.3 Å². The van der Waals surface area contributed by atoms with Crippen molar-refractivity contribution in [3.05, 3.63) is 57.3 Å². The quantitative estimate of drug-likeness (QED) is 0.906. The molecular formula is C15H16Cl2N2O. The lowest BCUT2D eigenvalue weighted by atomic mass is 10.2. The Hall–Kier alpha value is -1.29. The summed E-state index contributed by atoms with van der Waals surface area (Å²) in [5, 5.41) is 4.30. The topological polar surface area (TPSA) is 34.2 Å². The van der Waals surface area contributed by atoms with Crippen molar-refractivity contribution in [1.29, 1.82) is 0 Å². The molecule has 0 fully saturated rings. The molecule has 1 aromatic carbocycles. The van der Waals surface area contributed by atoms with Crippen molar-refractivity contribution in [2.75, 3.05) is 7.05 Å². The molecule has 0 saturated heterocycles. The number of halogens is 2. The molecular weight excluding hydrogens is 295 g/mol. The molecule has 1 N–H and O–H groups in total. The van der Waals surface area contributed by atoms with Crippen molar-refractivity contribution in [1.82, 2.24) is 10.3 Å². The van der Waals surface area contributed by atoms with Crippen LogP contribution in [0.25, 0.3) is 0 Å². The van der Waals surface area contributed by atoms with Crippen molar-refractivity contribution in [3.8, 4) is 5.75 Å². The van der Waals surface area contributed by atoms with Crippen LogP contribution in [0.4, 0.5) is 0 Å². The van der Waals surface area contributed by atoms with Gasteiger partial charge in [0.25, 0.3) is 0 Å². The van der Waals surface area contributed by atoms with Gasteiger partial charge in [-0.1, -0.05) is 29.3 Å². The Kier molecular flexibility index (Phi) is 5.24. The van der Waals surface area contributed by atoms with Crippen LogP contribution >= 0.6 is 23.2 Å². The summed E-state index contributed by atoms with van der Waals surface area (Å²) < 4.78 is 5.82. The molecule has 2 aromatic rings. The summed E-state index contributed by atoms with van der Waals surface area (Å²) in [6.07, 6.45) is 0. The molecule has 0 aliphatic heterocycles. The molecule has 3 nitrogen and oxygen atoms in total. The SMILES string of the molecule is CNCc1nc(C)ccc1OCc1ccc(Cl)cc1Cl. The summed E-state index contributed by atoms with van der Waals surface area (Å²) in [5.41, 5.74) is 2.75. The number of rotatable bonds is 5. The molecule has 0 unspecified atom stereocenters. The van der Waals surface area contributed by atoms with Gasteiger partial charge in [-0.25, -0.2) is 0 Å². The lowest BCUT2D eigenvalue weighted by molar-refractivity contribution is 0.300. The lowest BCUT2D eigenvalue weighted by Gasteiger charge is -2.12. The number of nitrogens with one attached hydrogen (secondary N) is 1. The molecule has 0 amide bonds. The summed E-state index contributed by atoms with van der Waals surface area (Å²) in [5.74, 6) is 0.760. The normalized spacial score (nSPS) is 10.6. The maximum atomic E-state index is 6.13. The van der Waals surface area contributed by atoms with Gasteiger partial charge in [-0.2, -0.15) is 0 Å². The summed E-state index contributed by atoms with van der Waals surface area (Å²) in [6.45, 7) is 3.00. The molecule has 20 heavy (non-hydrogen) atoms. The third-order valence-corrected chi connectivity index (χ3v) is 3.40. The number of nitrogens with zero attached hydrogens (tertiary/aromatic N) is 1. The first kappa shape index (κ1) is 15.1. The predicted molar refractivity (Wildman–Crippen MR) is 82.5 cm³/mol. The largest absolute Gasteiger partial charge is 0.487 e. The van der Waals surface area contributed by atoms with Crippen LogP contribution in [-0.2, 0) is 13.2 Å². The number of ether oxygens (including phenoxy) is 1. The lowest BCUT2D eigenvalue weighted by Crippen LogP contribution is -2.10. The van der Waals surface area contributed by atoms with E-state index in [0.29, 0.717) is 23.2 Å². The minimum absolute atomic E-state index is 0.386. The van der Waals surface area contributed by atoms with E-state index < -0.39 is 0 Å². The Morgan fingerprint density at radius 3 is 2.70 bits per heavy atom. The van der Waals surface area contributed by atoms with Gasteiger partial charge in [0.2, 0.25) is 0 Å². The highest BCUT2D eigenvalue weighted by atomic mass is 35.5. The molecule has 0 saturated carbocycles. The third-order valence-electron chi connectivity index (χ3n) is 2.81. The molecule has 0 bridgehead atoms. The fraction of sp³-hybridized carbons (Fsp3) is 0.267. The fourth-order valence-corrected chi connectivity index (χ4v) is 2.28. The maximum Gasteiger partial charge on any atom is 0.142 e. The van der Waals surface area contributed by atoms with E-state index in [0.717, 1.165) is 22.7 Å². The van der Waals surface area contributed by atoms with E-state index in [1.54, 1.807) is 12.1 Å². The van der Waals surface area contributed by atoms with Crippen LogP contribution in [0.2, 0.25) is 10.0 Å². The van der Waals surface area contributed by atoms with Crippen molar-refractivity contribution in [2.24, 2.45) is 0 Å². The van der Waals surface area contributed by atoms with Crippen molar-refractivity contribution in [2.45, 2.75) is 20.1 Å². The van der Waals surface area contributed by atoms with Crippen LogP contribution in [-0.4, -0.2) is 12.0 Å². The maximum absolute atomic E-state index is 6.13. The second-order valence-corrected chi connectivity index (χ2v) is 5.30. The monoisotopic (exact) mass is 310 g/mol. The van der Waals surface area contributed by atoms with Crippen molar-refractivity contribution in [3.63, 3.8) is 0 Å². The van der Waals surface area contributed by atoms with E-state index in [9.17, 15) is 0 Å². The smallest absolute Gasteiger partial charge is 0.142 e. The Bertz CT molecular complexity index is 602. The molecule has 0 aliphatic carbocycles. The van der Waals surface area contributed by atoms with Crippen molar-refractivity contribution < 1.29 is 4.74 Å². The zero-order valence-corrected chi connectivity index (χ0v) is 12.9. The molecule has 5 heteroatoms. The van der Waals surface area contributed by atoms with Crippen LogP contribution in [0.3, 0.4) is 0 Å². The number of aryl methyl sites for hydroxylation is 1. The van der Waals surface area contributed by atoms with E-state index in [4.69, 9.17) is 27.9 Å². The molecule has 106 valence electrons. The zero-order valence-electron chi connectivity index (χ0n) is 11.4. The Labute approximate surface area is 128 Å². The molecule has 1 aromatic heterocycles. The molecule has 2 rings (SSSR count). The molecule has 0 radical (unpaired) electrons. The summed E-state index contributed by atoms with van der Waals surface area (Å²) in [4.78, 5) is 4.47. The van der Waals surface area contributed by atoms with Gasteiger partial charge in [-0.15, -0.1) is 0 Å². The standard InChI is InChI=1S/C15H16Cl2N2O/c1-10-3-6-15(14(19-10)8-18-2)20-9-11-4-5-12(16)7-13(11)17/h3-7,18H,8-9H2,1-2H3. The number of aromatic nitrogens is 1. The molecule has 0 atom stereocenters. The second kappa shape index (κ2) is 6.93. The van der Waals surface area contributed by atoms with Gasteiger partial charge in [-0.3, -0.25) is 4.98 Å². The Morgan fingerprint density at radius 1 is 1.20 bits per heavy atom. The fourth-order valence-electron chi connectivity index (χ4n) is 1.82. The van der Waals surface area contributed by atoms with E-state index in [1.807, 2.05) is 32.2 Å². The number of pyridine rings is 1. The zero-order chi connectivity index (χ0) is 14.5. The van der Waals surface area contributed by atoms with Crippen molar-refractivity contribution >= 4 is 23.2 Å². The Balaban J connectivity index is 2.14.